The molecule has 8 atom stereocenters. The Morgan fingerprint density at radius 3 is 2.43 bits per heavy atom. The molecule has 12 nitrogen and oxygen atoms in total. The molecule has 4 aliphatic carbocycles. The summed E-state index contributed by atoms with van der Waals surface area (Å²) in [6.45, 7) is 6.08. The van der Waals surface area contributed by atoms with E-state index in [1.165, 1.54) is 0 Å². The molecule has 12 heteroatoms. The third-order valence-corrected chi connectivity index (χ3v) is 11.1. The lowest BCUT2D eigenvalue weighted by atomic mass is 9.45. The van der Waals surface area contributed by atoms with Crippen LogP contribution >= 0.6 is 0 Å². The third-order valence-electron chi connectivity index (χ3n) is 11.1. The Morgan fingerprint density at radius 2 is 1.77 bits per heavy atom. The normalized spacial score (nSPS) is 35.0. The fourth-order valence-corrected chi connectivity index (χ4v) is 8.76. The zero-order valence-corrected chi connectivity index (χ0v) is 26.0. The number of amides is 2. The Morgan fingerprint density at radius 1 is 1.07 bits per heavy atom. The highest BCUT2D eigenvalue weighted by molar-refractivity contribution is 5.93. The minimum absolute atomic E-state index is 0.0122. The molecule has 0 radical (unpaired) electrons. The number of fused-ring (bicyclic) bond motifs is 5. The molecule has 244 valence electrons. The summed E-state index contributed by atoms with van der Waals surface area (Å²) in [6, 6.07) is -0.995. The van der Waals surface area contributed by atoms with Gasteiger partial charge in [-0.3, -0.25) is 28.8 Å². The van der Waals surface area contributed by atoms with Gasteiger partial charge in [0.1, 0.15) is 18.2 Å². The van der Waals surface area contributed by atoms with Crippen molar-refractivity contribution < 1.29 is 48.8 Å². The van der Waals surface area contributed by atoms with Gasteiger partial charge < -0.3 is 30.7 Å². The predicted octanol–water partition coefficient (Wildman–Crippen LogP) is 1.45. The van der Waals surface area contributed by atoms with Crippen molar-refractivity contribution in [3.63, 3.8) is 0 Å². The lowest BCUT2D eigenvalue weighted by Gasteiger charge is -2.60. The number of carbonyl (C=O) groups is 6. The van der Waals surface area contributed by atoms with Crippen LogP contribution in [-0.2, 0) is 33.5 Å². The monoisotopic (exact) mass is 618 g/mol. The molecule has 5 N–H and O–H groups in total. The van der Waals surface area contributed by atoms with Gasteiger partial charge in [0.2, 0.25) is 17.6 Å². The summed E-state index contributed by atoms with van der Waals surface area (Å²) in [5, 5.41) is 36.8. The van der Waals surface area contributed by atoms with Crippen molar-refractivity contribution in [2.75, 3.05) is 13.2 Å². The Hall–Kier alpha value is -3.12. The first-order chi connectivity index (χ1) is 20.5. The molecule has 0 aromatic carbocycles. The van der Waals surface area contributed by atoms with E-state index in [2.05, 4.69) is 17.6 Å². The average Bonchev–Trinajstić information content (AvgIpc) is 3.22. The minimum Gasteiger partial charge on any atom is -0.480 e. The van der Waals surface area contributed by atoms with Gasteiger partial charge in [-0.2, -0.15) is 0 Å². The van der Waals surface area contributed by atoms with Crippen LogP contribution in [0.4, 0.5) is 0 Å². The molecular formula is C32H46N2O10. The van der Waals surface area contributed by atoms with Crippen LogP contribution in [0.2, 0.25) is 0 Å². The molecule has 4 rings (SSSR count). The van der Waals surface area contributed by atoms with Crippen molar-refractivity contribution in [3.05, 3.63) is 11.6 Å². The molecule has 2 amide bonds. The fraction of sp³-hybridized carbons (Fsp3) is 0.750. The van der Waals surface area contributed by atoms with E-state index in [9.17, 15) is 39.0 Å². The molecule has 0 aromatic rings. The Kier molecular flexibility index (Phi) is 9.75. The number of esters is 1. The third kappa shape index (κ3) is 6.20. The van der Waals surface area contributed by atoms with Gasteiger partial charge >= 0.3 is 11.9 Å². The summed E-state index contributed by atoms with van der Waals surface area (Å²) < 4.78 is 5.18. The van der Waals surface area contributed by atoms with Gasteiger partial charge in [0.25, 0.3) is 0 Å². The molecule has 0 aromatic heterocycles. The molecule has 0 unspecified atom stereocenters. The molecule has 0 heterocycles. The molecular weight excluding hydrogens is 572 g/mol. The van der Waals surface area contributed by atoms with Crippen molar-refractivity contribution >= 4 is 35.3 Å². The van der Waals surface area contributed by atoms with E-state index >= 15 is 0 Å². The number of Topliss-reactive ketones (excluding diaryl/α,β-unsaturated/α-hetero) is 1. The van der Waals surface area contributed by atoms with Crippen molar-refractivity contribution in [2.24, 2.45) is 34.5 Å². The van der Waals surface area contributed by atoms with Crippen LogP contribution in [0.1, 0.15) is 85.5 Å². The second kappa shape index (κ2) is 12.7. The second-order valence-electron chi connectivity index (χ2n) is 14.0. The van der Waals surface area contributed by atoms with Gasteiger partial charge in [-0.1, -0.05) is 33.3 Å². The summed E-state index contributed by atoms with van der Waals surface area (Å²) in [4.78, 5) is 73.4. The second-order valence-corrected chi connectivity index (χ2v) is 14.0. The van der Waals surface area contributed by atoms with Crippen LogP contribution in [-0.4, -0.2) is 81.5 Å². The first-order valence-corrected chi connectivity index (χ1v) is 15.7. The topological polar surface area (TPSA) is 196 Å². The standard InChI is InChI=1S/C32H46N2O10/c1-17(2)28(29(42)33-15-25(39)40)34-24(38)7-8-26(41)44-16-23(37)32(43)12-10-21-20-6-5-18-13-19(35)9-11-30(18,3)27(20)22(36)14-31(21,32)4/h13,17,20-22,27-28,36,43H,5-12,14-16H2,1-4H3,(H,33,42)(H,34,38)(H,39,40)/t20-,21+,22-,27+,28-,30-,31-,32-/m0/s1. The highest BCUT2D eigenvalue weighted by Gasteiger charge is 2.68. The molecule has 0 spiro atoms. The fourth-order valence-electron chi connectivity index (χ4n) is 8.76. The number of aliphatic hydroxyl groups excluding tert-OH is 1. The number of nitrogens with one attached hydrogen (secondary N) is 2. The van der Waals surface area contributed by atoms with Crippen molar-refractivity contribution in [1.82, 2.24) is 10.6 Å². The van der Waals surface area contributed by atoms with E-state index in [-0.39, 0.29) is 60.6 Å². The predicted molar refractivity (Wildman–Crippen MR) is 156 cm³/mol. The molecule has 3 saturated carbocycles. The van der Waals surface area contributed by atoms with Crippen molar-refractivity contribution in [2.45, 2.75) is 103 Å². The molecule has 3 fully saturated rings. The van der Waals surface area contributed by atoms with E-state index in [4.69, 9.17) is 9.84 Å². The summed E-state index contributed by atoms with van der Waals surface area (Å²) in [5.41, 5.74) is -1.88. The SMILES string of the molecule is CC(C)[C@H](NC(=O)CCC(=O)OCC(=O)[C@@]1(O)CC[C@@H]2[C@@H]3CCC4=CC(=O)CC[C@]4(C)[C@H]3[C@@H](O)C[C@@]21C)C(=O)NCC(=O)O. The maximum Gasteiger partial charge on any atom is 0.322 e. The number of allylic oxidation sites excluding steroid dienone is 1. The zero-order chi connectivity index (χ0) is 32.6. The number of carboxylic acid groups (broad SMARTS) is 1. The Bertz CT molecular complexity index is 1250. The molecule has 0 bridgehead atoms. The molecule has 4 aliphatic rings. The average molecular weight is 619 g/mol. The smallest absolute Gasteiger partial charge is 0.322 e. The van der Waals surface area contributed by atoms with E-state index in [0.717, 1.165) is 18.4 Å². The number of rotatable bonds is 11. The molecule has 44 heavy (non-hydrogen) atoms. The van der Waals surface area contributed by atoms with E-state index < -0.39 is 65.8 Å². The van der Waals surface area contributed by atoms with Gasteiger partial charge in [0.05, 0.1) is 12.5 Å². The van der Waals surface area contributed by atoms with E-state index in [1.54, 1.807) is 19.9 Å². The van der Waals surface area contributed by atoms with Gasteiger partial charge in [0, 0.05) is 18.3 Å². The number of carboxylic acids is 1. The van der Waals surface area contributed by atoms with Crippen LogP contribution in [0.25, 0.3) is 0 Å². The van der Waals surface area contributed by atoms with Gasteiger partial charge in [-0.15, -0.1) is 0 Å². The Labute approximate surface area is 257 Å². The summed E-state index contributed by atoms with van der Waals surface area (Å²) >= 11 is 0. The molecule has 0 aliphatic heterocycles. The quantitative estimate of drug-likeness (QED) is 0.211. The number of ketones is 2. The van der Waals surface area contributed by atoms with Crippen molar-refractivity contribution in [1.29, 1.82) is 0 Å². The maximum absolute atomic E-state index is 13.4. The number of ether oxygens (including phenoxy) is 1. The summed E-state index contributed by atoms with van der Waals surface area (Å²) in [5.74, 6) is -4.15. The van der Waals surface area contributed by atoms with Crippen molar-refractivity contribution in [3.8, 4) is 0 Å². The van der Waals surface area contributed by atoms with Crippen LogP contribution in [0.5, 0.6) is 0 Å². The summed E-state index contributed by atoms with van der Waals surface area (Å²) in [6.07, 6.45) is 4.01. The van der Waals surface area contributed by atoms with Gasteiger partial charge in [-0.25, -0.2) is 0 Å². The first-order valence-electron chi connectivity index (χ1n) is 15.7. The van der Waals surface area contributed by atoms with Crippen LogP contribution in [0.15, 0.2) is 11.6 Å². The minimum atomic E-state index is -1.78. The number of carbonyl (C=O) groups excluding carboxylic acids is 5. The highest BCUT2D eigenvalue weighted by atomic mass is 16.5. The lowest BCUT2D eigenvalue weighted by molar-refractivity contribution is -0.184. The van der Waals surface area contributed by atoms with E-state index in [0.29, 0.717) is 19.3 Å². The largest absolute Gasteiger partial charge is 0.480 e. The zero-order valence-electron chi connectivity index (χ0n) is 26.0. The van der Waals surface area contributed by atoms with Gasteiger partial charge in [0.15, 0.2) is 12.4 Å². The number of aliphatic hydroxyl groups is 2. The van der Waals surface area contributed by atoms with E-state index in [1.807, 2.05) is 6.92 Å². The van der Waals surface area contributed by atoms with Crippen LogP contribution in [0.3, 0.4) is 0 Å². The number of hydrogen-bond donors (Lipinski definition) is 5. The number of aliphatic carboxylic acids is 1. The molecule has 0 saturated heterocycles. The first kappa shape index (κ1) is 33.8. The summed E-state index contributed by atoms with van der Waals surface area (Å²) in [7, 11) is 0. The van der Waals surface area contributed by atoms with Crippen LogP contribution < -0.4 is 10.6 Å². The van der Waals surface area contributed by atoms with Crippen LogP contribution in [0, 0.1) is 34.5 Å². The maximum atomic E-state index is 13.4. The van der Waals surface area contributed by atoms with Gasteiger partial charge in [-0.05, 0) is 73.7 Å². The Balaban J connectivity index is 1.33. The lowest BCUT2D eigenvalue weighted by Crippen LogP contribution is -2.62. The number of hydrogen-bond acceptors (Lipinski definition) is 9. The highest BCUT2D eigenvalue weighted by Crippen LogP contribution is 2.67.